The number of carbonyl (C=O) groups excluding carboxylic acids is 2. The summed E-state index contributed by atoms with van der Waals surface area (Å²) < 4.78 is 87.1. The van der Waals surface area contributed by atoms with Crippen molar-refractivity contribution in [3.63, 3.8) is 0 Å². The Morgan fingerprint density at radius 1 is 0.608 bits per heavy atom. The van der Waals surface area contributed by atoms with Gasteiger partial charge in [0.25, 0.3) is 11.8 Å². The molecule has 0 bridgehead atoms. The van der Waals surface area contributed by atoms with E-state index in [1.54, 1.807) is 168 Å². The molecule has 19 heteroatoms. The number of nitrogens with one attached hydrogen (secondary N) is 2. The third-order valence-corrected chi connectivity index (χ3v) is 19.3. The van der Waals surface area contributed by atoms with Gasteiger partial charge in [-0.05, 0) is 176 Å². The van der Waals surface area contributed by atoms with Gasteiger partial charge in [0.05, 0.1) is 56.8 Å². The van der Waals surface area contributed by atoms with E-state index < -0.39 is 29.5 Å². The topological polar surface area (TPSA) is 203 Å². The Kier molecular flexibility index (Phi) is 16.5. The molecule has 0 radical (unpaired) electrons. The second-order valence-electron chi connectivity index (χ2n) is 18.6. The molecule has 79 heavy (non-hydrogen) atoms. The quantitative estimate of drug-likeness (QED) is 0.0818. The summed E-state index contributed by atoms with van der Waals surface area (Å²) in [5.74, 6) is 0.0792. The zero-order valence-corrected chi connectivity index (χ0v) is 46.7. The highest BCUT2D eigenvalue weighted by atomic mass is 32.2. The van der Waals surface area contributed by atoms with Crippen LogP contribution in [-0.4, -0.2) is 62.9 Å². The van der Waals surface area contributed by atoms with Crippen molar-refractivity contribution in [3.8, 4) is 5.75 Å². The highest BCUT2D eigenvalue weighted by Gasteiger charge is 2.24. The molecule has 10 rings (SSSR count). The molecule has 2 N–H and O–H groups in total. The van der Waals surface area contributed by atoms with Gasteiger partial charge in [-0.1, -0.05) is 55.0 Å². The van der Waals surface area contributed by atoms with E-state index in [1.165, 1.54) is 35.6 Å². The second-order valence-corrected chi connectivity index (χ2v) is 25.5. The molecule has 402 valence electrons. The normalized spacial score (nSPS) is 11.6. The monoisotopic (exact) mass is 1130 g/mol. The molecule has 10 aromatic rings. The first-order chi connectivity index (χ1) is 37.9. The average molecular weight is 1130 g/mol. The van der Waals surface area contributed by atoms with Gasteiger partial charge in [0, 0.05) is 44.1 Å². The van der Waals surface area contributed by atoms with Crippen molar-refractivity contribution < 1.29 is 39.6 Å². The summed E-state index contributed by atoms with van der Waals surface area (Å²) in [6.45, 7) is 8.65. The highest BCUT2D eigenvalue weighted by molar-refractivity contribution is 7.92. The summed E-state index contributed by atoms with van der Waals surface area (Å²) in [4.78, 5) is 38.0. The number of hydrogen-bond donors (Lipinski definition) is 2. The number of rotatable bonds is 17. The van der Waals surface area contributed by atoms with Crippen LogP contribution in [0.1, 0.15) is 61.2 Å². The molecule has 0 aliphatic heterocycles. The van der Waals surface area contributed by atoms with Gasteiger partial charge in [-0.2, -0.15) is 0 Å². The van der Waals surface area contributed by atoms with Crippen LogP contribution in [0.5, 0.6) is 5.75 Å². The number of aryl methyl sites for hydroxylation is 3. The van der Waals surface area contributed by atoms with Crippen molar-refractivity contribution in [1.29, 1.82) is 0 Å². The molecule has 0 aliphatic carbocycles. The van der Waals surface area contributed by atoms with Crippen molar-refractivity contribution in [2.24, 2.45) is 0 Å². The molecule has 4 heterocycles. The van der Waals surface area contributed by atoms with Gasteiger partial charge in [0.2, 0.25) is 29.5 Å². The van der Waals surface area contributed by atoms with Gasteiger partial charge >= 0.3 is 0 Å². The lowest BCUT2D eigenvalue weighted by Gasteiger charge is -2.23. The standard InChI is InChI=1S/C39H36N2O6S3.C21H18N4O3S/c1-4-21-47-32-10-17-35(18-11-32)49(43,44)33-13-6-29(7-14-33)25-41(39(42)37-23-31-19-20-40-24-38(31)48-37)26-30-8-15-34(16-9-30)50(45,46)36-12-5-27(2)28(3)22-36;1-15-2-7-18(8-3-15)29(27,28)19-9-5-17(6-10-19)23-24-21(26)16-4-11-20-22-12-13-25(20)14-16/h5-20,22-24H,4,21,25-26H2,1-3H3;2-14,23H,1H3,(H,24,26). The summed E-state index contributed by atoms with van der Waals surface area (Å²) in [5.41, 5.74) is 11.5. The minimum absolute atomic E-state index is 0.138. The van der Waals surface area contributed by atoms with Gasteiger partial charge in [0.15, 0.2) is 0 Å². The molecule has 0 aliphatic rings. The number of ether oxygens (including phenoxy) is 1. The Morgan fingerprint density at radius 2 is 1.15 bits per heavy atom. The second kappa shape index (κ2) is 23.6. The SMILES string of the molecule is CCCOc1ccc(S(=O)(=O)c2ccc(CN(Cc3ccc(S(=O)(=O)c4ccc(C)c(C)c4)cc3)C(=O)c3cc4ccncc4s3)cc2)cc1.Cc1ccc(S(=O)(=O)c2ccc(NNC(=O)c3ccc4nccn4c3)cc2)cc1. The molecule has 4 aromatic heterocycles. The van der Waals surface area contributed by atoms with Crippen molar-refractivity contribution in [3.05, 3.63) is 233 Å². The fourth-order valence-corrected chi connectivity index (χ4v) is 13.1. The number of hydrogen-bond acceptors (Lipinski definition) is 13. The lowest BCUT2D eigenvalue weighted by Crippen LogP contribution is -2.29. The van der Waals surface area contributed by atoms with E-state index in [2.05, 4.69) is 20.8 Å². The fraction of sp³-hybridized carbons (Fsp3) is 0.133. The lowest BCUT2D eigenvalue weighted by molar-refractivity contribution is 0.0734. The number of pyridine rings is 2. The van der Waals surface area contributed by atoms with E-state index in [9.17, 15) is 34.8 Å². The van der Waals surface area contributed by atoms with Crippen LogP contribution in [0, 0.1) is 20.8 Å². The first kappa shape index (κ1) is 55.3. The highest BCUT2D eigenvalue weighted by Crippen LogP contribution is 2.30. The molecule has 0 saturated carbocycles. The Labute approximate surface area is 463 Å². The summed E-state index contributed by atoms with van der Waals surface area (Å²) in [6, 6.07) is 44.6. The van der Waals surface area contributed by atoms with Crippen molar-refractivity contribution >= 4 is 74.1 Å². The molecule has 15 nitrogen and oxygen atoms in total. The van der Waals surface area contributed by atoms with E-state index in [1.807, 2.05) is 39.8 Å². The Bertz CT molecular complexity index is 4140. The van der Waals surface area contributed by atoms with Gasteiger partial charge in [-0.15, -0.1) is 11.3 Å². The number of sulfone groups is 3. The average Bonchev–Trinajstić information content (AvgIpc) is 4.15. The number of fused-ring (bicyclic) bond motifs is 2. The van der Waals surface area contributed by atoms with E-state index in [0.717, 1.165) is 50.0 Å². The van der Waals surface area contributed by atoms with Gasteiger partial charge in [-0.3, -0.25) is 25.4 Å². The lowest BCUT2D eigenvalue weighted by atomic mass is 10.1. The minimum atomic E-state index is -3.77. The molecule has 0 saturated heterocycles. The van der Waals surface area contributed by atoms with Crippen molar-refractivity contribution in [1.82, 2.24) is 24.7 Å². The maximum Gasteiger partial charge on any atom is 0.271 e. The minimum Gasteiger partial charge on any atom is -0.494 e. The van der Waals surface area contributed by atoms with Crippen LogP contribution in [0.2, 0.25) is 0 Å². The summed E-state index contributed by atoms with van der Waals surface area (Å²) in [7, 11) is -11.1. The number of amides is 2. The Morgan fingerprint density at radius 3 is 1.72 bits per heavy atom. The number of nitrogens with zero attached hydrogens (tertiary/aromatic N) is 4. The van der Waals surface area contributed by atoms with Gasteiger partial charge in [-0.25, -0.2) is 30.2 Å². The van der Waals surface area contributed by atoms with Crippen LogP contribution in [0.15, 0.2) is 224 Å². The number of anilines is 1. The van der Waals surface area contributed by atoms with E-state index in [-0.39, 0.29) is 54.3 Å². The molecular weight excluding hydrogens is 1080 g/mol. The van der Waals surface area contributed by atoms with Crippen LogP contribution in [0.4, 0.5) is 5.69 Å². The van der Waals surface area contributed by atoms with Crippen LogP contribution in [0.25, 0.3) is 15.7 Å². The molecular formula is C60H54N6O9S4. The number of aromatic nitrogens is 3. The number of imidazole rings is 1. The van der Waals surface area contributed by atoms with Crippen molar-refractivity contribution in [2.75, 3.05) is 12.0 Å². The molecule has 0 fully saturated rings. The first-order valence-corrected chi connectivity index (χ1v) is 30.2. The van der Waals surface area contributed by atoms with Gasteiger partial charge in [0.1, 0.15) is 11.4 Å². The largest absolute Gasteiger partial charge is 0.494 e. The Balaban J connectivity index is 0.000000221. The van der Waals surface area contributed by atoms with Crippen LogP contribution >= 0.6 is 11.3 Å². The third-order valence-electron chi connectivity index (χ3n) is 12.9. The molecule has 6 aromatic carbocycles. The number of benzene rings is 6. The molecule has 2 amide bonds. The predicted octanol–water partition coefficient (Wildman–Crippen LogP) is 11.4. The molecule has 0 spiro atoms. The summed E-state index contributed by atoms with van der Waals surface area (Å²) in [5, 5.41) is 0.911. The Hall–Kier alpha value is -8.49. The number of hydrazine groups is 1. The smallest absolute Gasteiger partial charge is 0.271 e. The molecule has 0 unspecified atom stereocenters. The fourth-order valence-electron chi connectivity index (χ4n) is 8.25. The number of thiophene rings is 1. The predicted molar refractivity (Wildman–Crippen MR) is 304 cm³/mol. The van der Waals surface area contributed by atoms with E-state index in [4.69, 9.17) is 4.74 Å². The van der Waals surface area contributed by atoms with E-state index >= 15 is 0 Å². The maximum atomic E-state index is 14.0. The van der Waals surface area contributed by atoms with Crippen LogP contribution in [0.3, 0.4) is 0 Å². The molecule has 0 atom stereocenters. The zero-order chi connectivity index (χ0) is 55.9. The van der Waals surface area contributed by atoms with Crippen LogP contribution in [-0.2, 0) is 42.6 Å². The maximum absolute atomic E-state index is 14.0. The van der Waals surface area contributed by atoms with Crippen molar-refractivity contribution in [2.45, 2.75) is 76.6 Å². The zero-order valence-electron chi connectivity index (χ0n) is 43.4. The van der Waals surface area contributed by atoms with Gasteiger partial charge < -0.3 is 14.0 Å². The number of carbonyl (C=O) groups is 2. The third kappa shape index (κ3) is 12.8. The first-order valence-electron chi connectivity index (χ1n) is 24.9. The van der Waals surface area contributed by atoms with E-state index in [0.29, 0.717) is 28.5 Å². The summed E-state index contributed by atoms with van der Waals surface area (Å²) in [6.07, 6.45) is 9.34. The summed E-state index contributed by atoms with van der Waals surface area (Å²) >= 11 is 1.35. The van der Waals surface area contributed by atoms with Crippen LogP contribution < -0.4 is 15.6 Å².